The van der Waals surface area contributed by atoms with Gasteiger partial charge in [0, 0.05) is 19.1 Å². The molecular formula is C16H32N2O2. The Balaban J connectivity index is 2.40. The molecule has 1 heterocycles. The largest absolute Gasteiger partial charge is 0.444 e. The van der Waals surface area contributed by atoms with Gasteiger partial charge in [0.15, 0.2) is 0 Å². The average Bonchev–Trinajstić information content (AvgIpc) is 2.34. The molecule has 2 unspecified atom stereocenters. The first kappa shape index (κ1) is 17.3. The first-order valence-electron chi connectivity index (χ1n) is 7.90. The monoisotopic (exact) mass is 284 g/mol. The van der Waals surface area contributed by atoms with Gasteiger partial charge in [0.25, 0.3) is 0 Å². The number of carbonyl (C=O) groups is 1. The number of nitrogens with zero attached hydrogens (tertiary/aromatic N) is 1. The summed E-state index contributed by atoms with van der Waals surface area (Å²) in [6.45, 7) is 15.1. The molecule has 1 aliphatic rings. The highest BCUT2D eigenvalue weighted by atomic mass is 16.6. The second-order valence-corrected chi connectivity index (χ2v) is 7.40. The SMILES string of the molecule is CC(C)C(C)CNC1CCCN(C(=O)OC(C)(C)C)C1. The van der Waals surface area contributed by atoms with Gasteiger partial charge in [0.2, 0.25) is 0 Å². The minimum atomic E-state index is -0.413. The second kappa shape index (κ2) is 7.30. The van der Waals surface area contributed by atoms with Gasteiger partial charge < -0.3 is 15.0 Å². The number of piperidine rings is 1. The summed E-state index contributed by atoms with van der Waals surface area (Å²) in [5.41, 5.74) is -0.413. The zero-order valence-corrected chi connectivity index (χ0v) is 14.0. The van der Waals surface area contributed by atoms with Crippen molar-refractivity contribution in [1.82, 2.24) is 10.2 Å². The number of amides is 1. The molecule has 0 spiro atoms. The van der Waals surface area contributed by atoms with E-state index in [0.29, 0.717) is 17.9 Å². The highest BCUT2D eigenvalue weighted by Gasteiger charge is 2.27. The first-order chi connectivity index (χ1) is 9.19. The van der Waals surface area contributed by atoms with Crippen LogP contribution in [0, 0.1) is 11.8 Å². The molecule has 0 aromatic carbocycles. The summed E-state index contributed by atoms with van der Waals surface area (Å²) in [6.07, 6.45) is 2.01. The second-order valence-electron chi connectivity index (χ2n) is 7.40. The van der Waals surface area contributed by atoms with Crippen LogP contribution in [0.5, 0.6) is 0 Å². The van der Waals surface area contributed by atoms with Crippen LogP contribution < -0.4 is 5.32 Å². The fraction of sp³-hybridized carbons (Fsp3) is 0.938. The van der Waals surface area contributed by atoms with E-state index in [1.54, 1.807) is 0 Å². The van der Waals surface area contributed by atoms with Crippen molar-refractivity contribution < 1.29 is 9.53 Å². The Morgan fingerprint density at radius 3 is 2.55 bits per heavy atom. The number of hydrogen-bond donors (Lipinski definition) is 1. The van der Waals surface area contributed by atoms with Gasteiger partial charge in [-0.15, -0.1) is 0 Å². The fourth-order valence-corrected chi connectivity index (χ4v) is 2.22. The number of nitrogens with one attached hydrogen (secondary N) is 1. The molecule has 1 aliphatic heterocycles. The molecule has 118 valence electrons. The zero-order chi connectivity index (χ0) is 15.3. The summed E-state index contributed by atoms with van der Waals surface area (Å²) in [7, 11) is 0. The number of ether oxygens (including phenoxy) is 1. The van der Waals surface area contributed by atoms with Crippen LogP contribution in [0.15, 0.2) is 0 Å². The van der Waals surface area contributed by atoms with Crippen LogP contribution >= 0.6 is 0 Å². The van der Waals surface area contributed by atoms with E-state index in [9.17, 15) is 4.79 Å². The van der Waals surface area contributed by atoms with E-state index in [-0.39, 0.29) is 6.09 Å². The summed E-state index contributed by atoms with van der Waals surface area (Å²) in [5.74, 6) is 1.35. The van der Waals surface area contributed by atoms with Crippen LogP contribution in [0.2, 0.25) is 0 Å². The highest BCUT2D eigenvalue weighted by Crippen LogP contribution is 2.16. The summed E-state index contributed by atoms with van der Waals surface area (Å²) in [6, 6.07) is 0.400. The van der Waals surface area contributed by atoms with Crippen molar-refractivity contribution in [3.8, 4) is 0 Å². The van der Waals surface area contributed by atoms with Crippen LogP contribution in [0.25, 0.3) is 0 Å². The molecule has 0 radical (unpaired) electrons. The standard InChI is InChI=1S/C16H32N2O2/c1-12(2)13(3)10-17-14-8-7-9-18(11-14)15(19)20-16(4,5)6/h12-14,17H,7-11H2,1-6H3. The lowest BCUT2D eigenvalue weighted by atomic mass is 9.97. The van der Waals surface area contributed by atoms with E-state index < -0.39 is 5.60 Å². The highest BCUT2D eigenvalue weighted by molar-refractivity contribution is 5.68. The Hall–Kier alpha value is -0.770. The van der Waals surface area contributed by atoms with Gasteiger partial charge in [0.05, 0.1) is 0 Å². The van der Waals surface area contributed by atoms with Gasteiger partial charge in [-0.05, 0) is 52.0 Å². The Labute approximate surface area is 124 Å². The Morgan fingerprint density at radius 2 is 2.00 bits per heavy atom. The molecule has 4 nitrogen and oxygen atoms in total. The lowest BCUT2D eigenvalue weighted by Gasteiger charge is -2.35. The molecule has 20 heavy (non-hydrogen) atoms. The predicted octanol–water partition coefficient (Wildman–Crippen LogP) is 3.27. The van der Waals surface area contributed by atoms with E-state index in [0.717, 1.165) is 32.5 Å². The maximum Gasteiger partial charge on any atom is 0.410 e. The molecule has 1 N–H and O–H groups in total. The third-order valence-corrected chi connectivity index (χ3v) is 3.94. The Morgan fingerprint density at radius 1 is 1.35 bits per heavy atom. The van der Waals surface area contributed by atoms with Gasteiger partial charge in [0.1, 0.15) is 5.60 Å². The molecule has 0 aromatic rings. The summed E-state index contributed by atoms with van der Waals surface area (Å²) >= 11 is 0. The lowest BCUT2D eigenvalue weighted by Crippen LogP contribution is -2.50. The fourth-order valence-electron chi connectivity index (χ4n) is 2.22. The molecule has 0 aromatic heterocycles. The van der Waals surface area contributed by atoms with Crippen LogP contribution in [-0.2, 0) is 4.74 Å². The predicted molar refractivity (Wildman–Crippen MR) is 82.8 cm³/mol. The van der Waals surface area contributed by atoms with Gasteiger partial charge >= 0.3 is 6.09 Å². The molecule has 0 aliphatic carbocycles. The molecule has 1 fully saturated rings. The maximum absolute atomic E-state index is 12.1. The Bertz CT molecular complexity index is 310. The third kappa shape index (κ3) is 6.12. The van der Waals surface area contributed by atoms with Crippen molar-refractivity contribution in [2.75, 3.05) is 19.6 Å². The van der Waals surface area contributed by atoms with Crippen LogP contribution in [0.4, 0.5) is 4.79 Å². The van der Waals surface area contributed by atoms with Gasteiger partial charge in [-0.1, -0.05) is 20.8 Å². The number of carbonyl (C=O) groups excluding carboxylic acids is 1. The minimum absolute atomic E-state index is 0.180. The summed E-state index contributed by atoms with van der Waals surface area (Å²) in [4.78, 5) is 13.9. The average molecular weight is 284 g/mol. The smallest absolute Gasteiger partial charge is 0.410 e. The van der Waals surface area contributed by atoms with Crippen molar-refractivity contribution in [2.24, 2.45) is 11.8 Å². The van der Waals surface area contributed by atoms with E-state index in [4.69, 9.17) is 4.74 Å². The third-order valence-electron chi connectivity index (χ3n) is 3.94. The summed E-state index contributed by atoms with van der Waals surface area (Å²) in [5, 5.41) is 3.60. The minimum Gasteiger partial charge on any atom is -0.444 e. The first-order valence-corrected chi connectivity index (χ1v) is 7.90. The quantitative estimate of drug-likeness (QED) is 0.861. The molecule has 4 heteroatoms. The molecule has 1 rings (SSSR count). The molecule has 0 bridgehead atoms. The van der Waals surface area contributed by atoms with Gasteiger partial charge in [-0.25, -0.2) is 4.79 Å². The number of likely N-dealkylation sites (tertiary alicyclic amines) is 1. The Kier molecular flexibility index (Phi) is 6.31. The summed E-state index contributed by atoms with van der Waals surface area (Å²) < 4.78 is 5.45. The maximum atomic E-state index is 12.1. The van der Waals surface area contributed by atoms with Crippen LogP contribution in [0.1, 0.15) is 54.4 Å². The normalized spacial score (nSPS) is 21.9. The van der Waals surface area contributed by atoms with Crippen molar-refractivity contribution >= 4 is 6.09 Å². The van der Waals surface area contributed by atoms with E-state index >= 15 is 0 Å². The van der Waals surface area contributed by atoms with E-state index in [2.05, 4.69) is 26.1 Å². The zero-order valence-electron chi connectivity index (χ0n) is 14.0. The molecule has 1 saturated heterocycles. The van der Waals surface area contributed by atoms with Crippen molar-refractivity contribution in [2.45, 2.75) is 66.0 Å². The topological polar surface area (TPSA) is 41.6 Å². The van der Waals surface area contributed by atoms with Crippen molar-refractivity contribution in [1.29, 1.82) is 0 Å². The molecule has 2 atom stereocenters. The van der Waals surface area contributed by atoms with Gasteiger partial charge in [-0.3, -0.25) is 0 Å². The molecule has 1 amide bonds. The van der Waals surface area contributed by atoms with Crippen molar-refractivity contribution in [3.05, 3.63) is 0 Å². The molecular weight excluding hydrogens is 252 g/mol. The van der Waals surface area contributed by atoms with Crippen molar-refractivity contribution in [3.63, 3.8) is 0 Å². The van der Waals surface area contributed by atoms with E-state index in [1.165, 1.54) is 0 Å². The molecule has 0 saturated carbocycles. The number of rotatable bonds is 4. The lowest BCUT2D eigenvalue weighted by molar-refractivity contribution is 0.0186. The van der Waals surface area contributed by atoms with E-state index in [1.807, 2.05) is 25.7 Å². The van der Waals surface area contributed by atoms with Gasteiger partial charge in [-0.2, -0.15) is 0 Å². The van der Waals surface area contributed by atoms with Crippen LogP contribution in [0.3, 0.4) is 0 Å². The van der Waals surface area contributed by atoms with Crippen LogP contribution in [-0.4, -0.2) is 42.3 Å². The number of hydrogen-bond acceptors (Lipinski definition) is 3.